The average molecular weight is 581 g/mol. The first-order valence-electron chi connectivity index (χ1n) is 14.1. The molecule has 0 aliphatic carbocycles. The van der Waals surface area contributed by atoms with E-state index in [0.29, 0.717) is 56.3 Å². The normalized spacial score (nSPS) is 13.4. The van der Waals surface area contributed by atoms with Crippen LogP contribution in [0.25, 0.3) is 0 Å². The molecule has 4 aromatic rings. The van der Waals surface area contributed by atoms with Crippen LogP contribution in [0.3, 0.4) is 0 Å². The summed E-state index contributed by atoms with van der Waals surface area (Å²) in [5, 5.41) is 11.9. The Morgan fingerprint density at radius 1 is 0.643 bits per heavy atom. The van der Waals surface area contributed by atoms with E-state index in [0.717, 1.165) is 28.4 Å². The van der Waals surface area contributed by atoms with Crippen LogP contribution in [0.15, 0.2) is 107 Å². The molecule has 0 fully saturated rings. The number of aryl methyl sites for hydroxylation is 1. The lowest BCUT2D eigenvalue weighted by Gasteiger charge is -2.40. The number of nitrogens with one attached hydrogen (secondary N) is 2. The maximum atomic E-state index is 6.49. The predicted molar refractivity (Wildman–Crippen MR) is 169 cm³/mol. The molecule has 2 heterocycles. The molecule has 4 aromatic carbocycles. The van der Waals surface area contributed by atoms with Gasteiger partial charge in [0.05, 0.1) is 26.2 Å². The Balaban J connectivity index is 1.30. The number of aliphatic imine (C=N–C) groups is 2. The fraction of sp³-hybridized carbons (Fsp3) is 0.212. The maximum Gasteiger partial charge on any atom is 0.218 e. The highest BCUT2D eigenvalue weighted by atomic mass is 35.5. The van der Waals surface area contributed by atoms with Gasteiger partial charge in [-0.15, -0.1) is 0 Å². The van der Waals surface area contributed by atoms with Crippen molar-refractivity contribution in [2.75, 3.05) is 36.9 Å². The molecule has 0 unspecified atom stereocenters. The summed E-state index contributed by atoms with van der Waals surface area (Å²) in [4.78, 5) is 9.91. The Morgan fingerprint density at radius 3 is 1.71 bits per heavy atom. The van der Waals surface area contributed by atoms with Crippen LogP contribution in [0.4, 0.5) is 11.4 Å². The molecule has 0 bridgehead atoms. The van der Waals surface area contributed by atoms with Gasteiger partial charge >= 0.3 is 0 Å². The molecule has 0 spiro atoms. The number of hydrogen-bond acceptors (Lipinski definition) is 8. The minimum absolute atomic E-state index is 0.423. The summed E-state index contributed by atoms with van der Waals surface area (Å²) >= 11 is 6.49. The van der Waals surface area contributed by atoms with Crippen molar-refractivity contribution < 1.29 is 9.47 Å². The average Bonchev–Trinajstić information content (AvgIpc) is 3.03. The number of ether oxygens (including phenoxy) is 2. The molecule has 8 nitrogen and oxygen atoms in total. The molecule has 2 aliphatic heterocycles. The number of para-hydroxylation sites is 2. The number of hydrazine groups is 1. The third kappa shape index (κ3) is 6.29. The fourth-order valence-corrected chi connectivity index (χ4v) is 5.24. The molecule has 9 heteroatoms. The molecule has 2 aliphatic rings. The Hall–Kier alpha value is -4.69. The lowest BCUT2D eigenvalue weighted by molar-refractivity contribution is 0.0914. The van der Waals surface area contributed by atoms with E-state index in [4.69, 9.17) is 31.1 Å². The summed E-state index contributed by atoms with van der Waals surface area (Å²) in [7, 11) is 0. The number of nitrogens with zero attached hydrogens (tertiary/aromatic N) is 4. The van der Waals surface area contributed by atoms with Crippen LogP contribution in [0.2, 0.25) is 5.02 Å². The summed E-state index contributed by atoms with van der Waals surface area (Å²) < 4.78 is 12.3. The van der Waals surface area contributed by atoms with Gasteiger partial charge in [-0.05, 0) is 55.0 Å². The summed E-state index contributed by atoms with van der Waals surface area (Å²) in [6, 6.07) is 31.8. The molecule has 0 saturated carbocycles. The molecule has 42 heavy (non-hydrogen) atoms. The summed E-state index contributed by atoms with van der Waals surface area (Å²) in [5.41, 5.74) is 5.35. The molecule has 0 radical (unpaired) electrons. The monoisotopic (exact) mass is 580 g/mol. The van der Waals surface area contributed by atoms with Crippen molar-refractivity contribution in [2.24, 2.45) is 9.98 Å². The lowest BCUT2D eigenvalue weighted by atomic mass is 10.1. The highest BCUT2D eigenvalue weighted by Gasteiger charge is 2.28. The van der Waals surface area contributed by atoms with Crippen molar-refractivity contribution in [2.45, 2.75) is 20.0 Å². The zero-order chi connectivity index (χ0) is 28.7. The van der Waals surface area contributed by atoms with Crippen molar-refractivity contribution in [3.63, 3.8) is 0 Å². The van der Waals surface area contributed by atoms with Crippen molar-refractivity contribution in [1.29, 1.82) is 0 Å². The summed E-state index contributed by atoms with van der Waals surface area (Å²) in [6.07, 6.45) is 0. The van der Waals surface area contributed by atoms with Gasteiger partial charge in [0.1, 0.15) is 24.7 Å². The topological polar surface area (TPSA) is 73.7 Å². The van der Waals surface area contributed by atoms with Gasteiger partial charge in [0, 0.05) is 27.5 Å². The van der Waals surface area contributed by atoms with Crippen LogP contribution in [-0.4, -0.2) is 48.2 Å². The second-order valence-electron chi connectivity index (χ2n) is 9.97. The predicted octanol–water partition coefficient (Wildman–Crippen LogP) is 6.59. The van der Waals surface area contributed by atoms with Crippen LogP contribution in [0.1, 0.15) is 16.7 Å². The molecule has 2 N–H and O–H groups in total. The fourth-order valence-electron chi connectivity index (χ4n) is 5.00. The molecule has 0 atom stereocenters. The minimum atomic E-state index is 0.423. The van der Waals surface area contributed by atoms with Gasteiger partial charge < -0.3 is 20.1 Å². The van der Waals surface area contributed by atoms with Crippen LogP contribution in [-0.2, 0) is 13.1 Å². The van der Waals surface area contributed by atoms with Gasteiger partial charge in [-0.2, -0.15) is 0 Å². The van der Waals surface area contributed by atoms with E-state index in [1.165, 1.54) is 11.1 Å². The van der Waals surface area contributed by atoms with Crippen molar-refractivity contribution >= 4 is 34.9 Å². The Morgan fingerprint density at radius 2 is 1.14 bits per heavy atom. The second-order valence-corrected chi connectivity index (χ2v) is 10.4. The van der Waals surface area contributed by atoms with Crippen LogP contribution in [0.5, 0.6) is 11.5 Å². The number of fused-ring (bicyclic) bond motifs is 2. The maximum absolute atomic E-state index is 6.49. The zero-order valence-corrected chi connectivity index (χ0v) is 24.2. The summed E-state index contributed by atoms with van der Waals surface area (Å²) in [6.45, 7) is 5.02. The highest BCUT2D eigenvalue weighted by Crippen LogP contribution is 2.29. The first-order chi connectivity index (χ1) is 20.7. The van der Waals surface area contributed by atoms with Gasteiger partial charge in [-0.1, -0.05) is 66.2 Å². The van der Waals surface area contributed by atoms with Gasteiger partial charge in [0.15, 0.2) is 0 Å². The first kappa shape index (κ1) is 27.5. The number of rotatable bonds is 8. The Bertz CT molecular complexity index is 1460. The van der Waals surface area contributed by atoms with Gasteiger partial charge in [0.2, 0.25) is 11.9 Å². The first-order valence-corrected chi connectivity index (χ1v) is 14.4. The molecular weight excluding hydrogens is 548 g/mol. The Labute approximate surface area is 251 Å². The highest BCUT2D eigenvalue weighted by molar-refractivity contribution is 6.32. The van der Waals surface area contributed by atoms with Gasteiger partial charge in [0.25, 0.3) is 0 Å². The van der Waals surface area contributed by atoms with Crippen LogP contribution >= 0.6 is 11.6 Å². The van der Waals surface area contributed by atoms with Crippen LogP contribution < -0.4 is 20.1 Å². The van der Waals surface area contributed by atoms with E-state index in [2.05, 4.69) is 45.8 Å². The van der Waals surface area contributed by atoms with E-state index < -0.39 is 0 Å². The molecule has 0 aromatic heterocycles. The van der Waals surface area contributed by atoms with Gasteiger partial charge in [-0.3, -0.25) is 0 Å². The second kappa shape index (κ2) is 12.9. The van der Waals surface area contributed by atoms with E-state index in [9.17, 15) is 0 Å². The number of benzene rings is 4. The molecule has 214 valence electrons. The van der Waals surface area contributed by atoms with Gasteiger partial charge in [-0.25, -0.2) is 20.0 Å². The van der Waals surface area contributed by atoms with E-state index >= 15 is 0 Å². The quantitative estimate of drug-likeness (QED) is 0.229. The largest absolute Gasteiger partial charge is 0.492 e. The third-order valence-electron chi connectivity index (χ3n) is 7.21. The van der Waals surface area contributed by atoms with Crippen molar-refractivity contribution in [3.8, 4) is 11.5 Å². The number of hydrogen-bond donors (Lipinski definition) is 2. The zero-order valence-electron chi connectivity index (χ0n) is 23.5. The molecule has 0 amide bonds. The summed E-state index contributed by atoms with van der Waals surface area (Å²) in [5.74, 6) is 3.02. The Kier molecular flexibility index (Phi) is 8.42. The molecular formula is C33H33ClN6O2. The molecule has 6 rings (SSSR count). The van der Waals surface area contributed by atoms with E-state index in [1.54, 1.807) is 0 Å². The van der Waals surface area contributed by atoms with Crippen molar-refractivity contribution in [3.05, 3.63) is 119 Å². The lowest BCUT2D eigenvalue weighted by Crippen LogP contribution is -2.57. The number of halogens is 1. The number of guanidine groups is 2. The standard InChI is InChI=1S/C33H33ClN6O2/c1-24-10-8-16-30-27(24)22-35-32(37-30)39(18-20-41-25-11-4-2-5-12-25)40(19-21-42-26-13-6-3-7-14-26)33-36-23-28-29(34)15-9-17-31(28)38-33/h2-17H,18-23H2,1H3,(H,35,37)(H,36,38). The minimum Gasteiger partial charge on any atom is -0.492 e. The number of anilines is 2. The SMILES string of the molecule is Cc1cccc2c1CN=C(N(CCOc1ccccc1)N(CCOc1ccccc1)C1=NCc3c(Cl)cccc3N1)N2. The molecule has 0 saturated heterocycles. The van der Waals surface area contributed by atoms with Crippen molar-refractivity contribution in [1.82, 2.24) is 10.0 Å². The van der Waals surface area contributed by atoms with E-state index in [-0.39, 0.29) is 0 Å². The van der Waals surface area contributed by atoms with Crippen LogP contribution in [0, 0.1) is 6.92 Å². The smallest absolute Gasteiger partial charge is 0.218 e. The third-order valence-corrected chi connectivity index (χ3v) is 7.56. The van der Waals surface area contributed by atoms with E-state index in [1.807, 2.05) is 78.9 Å².